The zero-order chi connectivity index (χ0) is 18.1. The first kappa shape index (κ1) is 17.4. The predicted octanol–water partition coefficient (Wildman–Crippen LogP) is 3.65. The highest BCUT2D eigenvalue weighted by atomic mass is 32.2. The standard InChI is InChI=1S/C18H19FN4OS/c1-11-9-14(12(2)23(11)16-8-6-5-7-15(16)19)17(24)10-25-18-21-20-13(3)22(18)4/h5-9H,10H2,1-4H3. The third-order valence-electron chi connectivity index (χ3n) is 4.21. The molecule has 25 heavy (non-hydrogen) atoms. The van der Waals surface area contributed by atoms with Crippen molar-refractivity contribution in [2.75, 3.05) is 5.75 Å². The van der Waals surface area contributed by atoms with Crippen LogP contribution in [0.15, 0.2) is 35.5 Å². The fourth-order valence-corrected chi connectivity index (χ4v) is 3.61. The van der Waals surface area contributed by atoms with E-state index in [9.17, 15) is 9.18 Å². The summed E-state index contributed by atoms with van der Waals surface area (Å²) in [6.45, 7) is 5.57. The van der Waals surface area contributed by atoms with Crippen LogP contribution in [-0.4, -0.2) is 30.9 Å². The second kappa shape index (κ2) is 6.84. The molecule has 2 heterocycles. The summed E-state index contributed by atoms with van der Waals surface area (Å²) in [7, 11) is 1.87. The highest BCUT2D eigenvalue weighted by Gasteiger charge is 2.19. The lowest BCUT2D eigenvalue weighted by Gasteiger charge is -2.10. The number of halogens is 1. The van der Waals surface area contributed by atoms with Crippen LogP contribution in [-0.2, 0) is 7.05 Å². The van der Waals surface area contributed by atoms with Crippen molar-refractivity contribution < 1.29 is 9.18 Å². The number of hydrogen-bond acceptors (Lipinski definition) is 4. The molecule has 3 aromatic rings. The second-order valence-corrected chi connectivity index (χ2v) is 6.81. The smallest absolute Gasteiger partial charge is 0.191 e. The summed E-state index contributed by atoms with van der Waals surface area (Å²) in [6.07, 6.45) is 0. The molecule has 0 N–H and O–H groups in total. The van der Waals surface area contributed by atoms with Crippen LogP contribution in [0.4, 0.5) is 4.39 Å². The van der Waals surface area contributed by atoms with E-state index in [-0.39, 0.29) is 17.4 Å². The Morgan fingerprint density at radius 3 is 2.56 bits per heavy atom. The number of aryl methyl sites for hydroxylation is 2. The zero-order valence-electron chi connectivity index (χ0n) is 14.6. The molecule has 0 fully saturated rings. The molecule has 2 aromatic heterocycles. The van der Waals surface area contributed by atoms with Crippen molar-refractivity contribution in [3.63, 3.8) is 0 Å². The van der Waals surface area contributed by atoms with E-state index in [1.165, 1.54) is 17.8 Å². The van der Waals surface area contributed by atoms with Gasteiger partial charge in [-0.2, -0.15) is 0 Å². The molecule has 0 atom stereocenters. The maximum atomic E-state index is 14.1. The van der Waals surface area contributed by atoms with Crippen LogP contribution in [0.1, 0.15) is 27.6 Å². The Morgan fingerprint density at radius 2 is 1.92 bits per heavy atom. The van der Waals surface area contributed by atoms with Gasteiger partial charge in [-0.15, -0.1) is 10.2 Å². The number of aromatic nitrogens is 4. The maximum Gasteiger partial charge on any atom is 0.191 e. The summed E-state index contributed by atoms with van der Waals surface area (Å²) in [5.41, 5.74) is 2.62. The van der Waals surface area contributed by atoms with Gasteiger partial charge in [0.25, 0.3) is 0 Å². The summed E-state index contributed by atoms with van der Waals surface area (Å²) >= 11 is 1.35. The molecule has 130 valence electrons. The first-order valence-electron chi connectivity index (χ1n) is 7.86. The first-order chi connectivity index (χ1) is 11.9. The van der Waals surface area contributed by atoms with Crippen molar-refractivity contribution in [1.82, 2.24) is 19.3 Å². The average Bonchev–Trinajstić information content (AvgIpc) is 3.06. The molecule has 0 unspecified atom stereocenters. The largest absolute Gasteiger partial charge is 0.315 e. The Labute approximate surface area is 149 Å². The lowest BCUT2D eigenvalue weighted by molar-refractivity contribution is 0.102. The van der Waals surface area contributed by atoms with E-state index in [2.05, 4.69) is 10.2 Å². The quantitative estimate of drug-likeness (QED) is 0.516. The number of benzene rings is 1. The monoisotopic (exact) mass is 358 g/mol. The Balaban J connectivity index is 1.86. The molecule has 0 saturated carbocycles. The van der Waals surface area contributed by atoms with E-state index >= 15 is 0 Å². The molecule has 5 nitrogen and oxygen atoms in total. The minimum atomic E-state index is -0.313. The van der Waals surface area contributed by atoms with Crippen LogP contribution in [0.5, 0.6) is 0 Å². The number of Topliss-reactive ketones (excluding diaryl/α,β-unsaturated/α-hetero) is 1. The number of thioether (sulfide) groups is 1. The van der Waals surface area contributed by atoms with Crippen LogP contribution >= 0.6 is 11.8 Å². The normalized spacial score (nSPS) is 11.1. The van der Waals surface area contributed by atoms with Gasteiger partial charge in [0.1, 0.15) is 11.6 Å². The van der Waals surface area contributed by atoms with E-state index in [1.54, 1.807) is 22.8 Å². The molecular weight excluding hydrogens is 339 g/mol. The number of para-hydroxylation sites is 1. The van der Waals surface area contributed by atoms with Crippen molar-refractivity contribution in [3.8, 4) is 5.69 Å². The molecule has 0 bridgehead atoms. The summed E-state index contributed by atoms with van der Waals surface area (Å²) in [5.74, 6) is 0.731. The van der Waals surface area contributed by atoms with Crippen LogP contribution in [0.2, 0.25) is 0 Å². The van der Waals surface area contributed by atoms with Crippen LogP contribution in [0.25, 0.3) is 5.69 Å². The lowest BCUT2D eigenvalue weighted by atomic mass is 10.2. The van der Waals surface area contributed by atoms with Crippen molar-refractivity contribution in [2.45, 2.75) is 25.9 Å². The second-order valence-electron chi connectivity index (χ2n) is 5.87. The van der Waals surface area contributed by atoms with Gasteiger partial charge in [-0.3, -0.25) is 4.79 Å². The molecule has 0 aliphatic heterocycles. The van der Waals surface area contributed by atoms with Crippen molar-refractivity contribution in [2.24, 2.45) is 7.05 Å². The number of nitrogens with zero attached hydrogens (tertiary/aromatic N) is 4. The predicted molar refractivity (Wildman–Crippen MR) is 96.0 cm³/mol. The van der Waals surface area contributed by atoms with Gasteiger partial charge in [0, 0.05) is 24.0 Å². The zero-order valence-corrected chi connectivity index (χ0v) is 15.4. The van der Waals surface area contributed by atoms with Crippen LogP contribution in [0.3, 0.4) is 0 Å². The maximum absolute atomic E-state index is 14.1. The minimum absolute atomic E-state index is 0.0126. The van der Waals surface area contributed by atoms with Gasteiger partial charge in [-0.05, 0) is 39.0 Å². The summed E-state index contributed by atoms with van der Waals surface area (Å²) in [6, 6.07) is 8.37. The fourth-order valence-electron chi connectivity index (χ4n) is 2.77. The fraction of sp³-hybridized carbons (Fsp3) is 0.278. The highest BCUT2D eigenvalue weighted by Crippen LogP contribution is 2.25. The van der Waals surface area contributed by atoms with Crippen molar-refractivity contribution in [3.05, 3.63) is 58.9 Å². The number of carbonyl (C=O) groups excluding carboxylic acids is 1. The summed E-state index contributed by atoms with van der Waals surface area (Å²) in [4.78, 5) is 12.7. The van der Waals surface area contributed by atoms with Gasteiger partial charge in [0.2, 0.25) is 0 Å². The summed E-state index contributed by atoms with van der Waals surface area (Å²) in [5, 5.41) is 8.74. The molecule has 0 spiro atoms. The third-order valence-corrected chi connectivity index (χ3v) is 5.23. The highest BCUT2D eigenvalue weighted by molar-refractivity contribution is 7.99. The van der Waals surface area contributed by atoms with Gasteiger partial charge < -0.3 is 9.13 Å². The molecule has 1 aromatic carbocycles. The molecule has 7 heteroatoms. The van der Waals surface area contributed by atoms with Crippen molar-refractivity contribution in [1.29, 1.82) is 0 Å². The van der Waals surface area contributed by atoms with Crippen LogP contribution < -0.4 is 0 Å². The molecule has 0 aliphatic rings. The molecule has 0 radical (unpaired) electrons. The van der Waals surface area contributed by atoms with E-state index in [4.69, 9.17) is 0 Å². The SMILES string of the molecule is Cc1nnc(SCC(=O)c2cc(C)n(-c3ccccc3F)c2C)n1C. The van der Waals surface area contributed by atoms with E-state index in [0.717, 1.165) is 17.2 Å². The molecule has 3 rings (SSSR count). The van der Waals surface area contributed by atoms with Gasteiger partial charge >= 0.3 is 0 Å². The minimum Gasteiger partial charge on any atom is -0.315 e. The molecule has 0 aliphatic carbocycles. The van der Waals surface area contributed by atoms with Crippen molar-refractivity contribution >= 4 is 17.5 Å². The molecule has 0 amide bonds. The van der Waals surface area contributed by atoms with Gasteiger partial charge in [-0.1, -0.05) is 23.9 Å². The number of carbonyl (C=O) groups is 1. The van der Waals surface area contributed by atoms with Gasteiger partial charge in [-0.25, -0.2) is 4.39 Å². The Kier molecular flexibility index (Phi) is 4.76. The topological polar surface area (TPSA) is 52.7 Å². The van der Waals surface area contributed by atoms with E-state index in [1.807, 2.05) is 38.5 Å². The van der Waals surface area contributed by atoms with E-state index < -0.39 is 0 Å². The molecule has 0 saturated heterocycles. The van der Waals surface area contributed by atoms with Gasteiger partial charge in [0.15, 0.2) is 10.9 Å². The Morgan fingerprint density at radius 1 is 1.20 bits per heavy atom. The van der Waals surface area contributed by atoms with Crippen LogP contribution in [0, 0.1) is 26.6 Å². The lowest BCUT2D eigenvalue weighted by Crippen LogP contribution is -2.07. The summed E-state index contributed by atoms with van der Waals surface area (Å²) < 4.78 is 17.8. The van der Waals surface area contributed by atoms with Gasteiger partial charge in [0.05, 0.1) is 11.4 Å². The molecular formula is C18H19FN4OS. The third kappa shape index (κ3) is 3.24. The average molecular weight is 358 g/mol. The number of ketones is 1. The number of rotatable bonds is 5. The van der Waals surface area contributed by atoms with E-state index in [0.29, 0.717) is 16.4 Å². The first-order valence-corrected chi connectivity index (χ1v) is 8.84. The number of hydrogen-bond donors (Lipinski definition) is 0. The Hall–Kier alpha value is -2.41. The Bertz CT molecular complexity index is 945.